The summed E-state index contributed by atoms with van der Waals surface area (Å²) in [6.45, 7) is 0. The van der Waals surface area contributed by atoms with Gasteiger partial charge in [-0.1, -0.05) is 11.6 Å². The van der Waals surface area contributed by atoms with E-state index >= 15 is 0 Å². The van der Waals surface area contributed by atoms with Crippen molar-refractivity contribution in [2.24, 2.45) is 5.73 Å². The molecule has 1 aromatic carbocycles. The van der Waals surface area contributed by atoms with Gasteiger partial charge in [0, 0.05) is 0 Å². The zero-order valence-electron chi connectivity index (χ0n) is 6.73. The van der Waals surface area contributed by atoms with E-state index in [1.165, 1.54) is 0 Å². The van der Waals surface area contributed by atoms with Crippen molar-refractivity contribution in [2.75, 3.05) is 0 Å². The highest BCUT2D eigenvalue weighted by Gasteiger charge is 2.31. The van der Waals surface area contributed by atoms with Crippen molar-refractivity contribution >= 4 is 17.5 Å². The molecule has 0 aromatic heterocycles. The third kappa shape index (κ3) is 2.17. The molecule has 1 aromatic rings. The van der Waals surface area contributed by atoms with Crippen LogP contribution >= 0.6 is 11.6 Å². The predicted molar refractivity (Wildman–Crippen MR) is 45.0 cm³/mol. The smallest absolute Gasteiger partial charge is 0.366 e. The molecule has 76 valence electrons. The van der Waals surface area contributed by atoms with Gasteiger partial charge in [0.05, 0.1) is 16.1 Å². The minimum absolute atomic E-state index is 0.125. The third-order valence-electron chi connectivity index (χ3n) is 1.56. The lowest BCUT2D eigenvalue weighted by Gasteiger charge is -2.07. The van der Waals surface area contributed by atoms with E-state index in [9.17, 15) is 18.0 Å². The zero-order chi connectivity index (χ0) is 10.9. The zero-order valence-corrected chi connectivity index (χ0v) is 7.49. The van der Waals surface area contributed by atoms with Crippen LogP contribution in [0.25, 0.3) is 0 Å². The third-order valence-corrected chi connectivity index (χ3v) is 1.87. The minimum atomic E-state index is -4.47. The van der Waals surface area contributed by atoms with Gasteiger partial charge in [-0.15, -0.1) is 0 Å². The Bertz CT molecular complexity index is 375. The largest absolute Gasteiger partial charge is 0.416 e. The Labute approximate surface area is 82.5 Å². The highest BCUT2D eigenvalue weighted by Crippen LogP contribution is 2.31. The molecule has 0 radical (unpaired) electrons. The second-order valence-electron chi connectivity index (χ2n) is 2.56. The van der Waals surface area contributed by atoms with Crippen LogP contribution in [0.1, 0.15) is 15.9 Å². The van der Waals surface area contributed by atoms with E-state index in [1.807, 2.05) is 0 Å². The lowest BCUT2D eigenvalue weighted by Crippen LogP contribution is -2.13. The van der Waals surface area contributed by atoms with Gasteiger partial charge in [-0.3, -0.25) is 4.79 Å². The Balaban J connectivity index is 3.20. The number of hydrogen-bond acceptors (Lipinski definition) is 1. The fourth-order valence-corrected chi connectivity index (χ4v) is 1.16. The van der Waals surface area contributed by atoms with Crippen LogP contribution in [0.4, 0.5) is 13.2 Å². The van der Waals surface area contributed by atoms with E-state index in [2.05, 4.69) is 0 Å². The maximum atomic E-state index is 12.1. The van der Waals surface area contributed by atoms with Crippen LogP contribution in [0.3, 0.4) is 0 Å². The summed E-state index contributed by atoms with van der Waals surface area (Å²) in [5.74, 6) is -0.858. The molecule has 0 aliphatic carbocycles. The molecular weight excluding hydrogens is 219 g/mol. The van der Waals surface area contributed by atoms with Gasteiger partial charge < -0.3 is 5.73 Å². The maximum Gasteiger partial charge on any atom is 0.416 e. The summed E-state index contributed by atoms with van der Waals surface area (Å²) in [4.78, 5) is 10.6. The molecule has 0 fully saturated rings. The van der Waals surface area contributed by atoms with Crippen LogP contribution in [0.5, 0.6) is 0 Å². The lowest BCUT2D eigenvalue weighted by atomic mass is 10.1. The Morgan fingerprint density at radius 3 is 2.29 bits per heavy atom. The predicted octanol–water partition coefficient (Wildman–Crippen LogP) is 2.46. The quantitative estimate of drug-likeness (QED) is 0.781. The van der Waals surface area contributed by atoms with Gasteiger partial charge in [-0.25, -0.2) is 0 Å². The van der Waals surface area contributed by atoms with E-state index in [4.69, 9.17) is 17.3 Å². The summed E-state index contributed by atoms with van der Waals surface area (Å²) in [6, 6.07) is 2.38. The number of nitrogens with two attached hydrogens (primary N) is 1. The number of primary amides is 1. The van der Waals surface area contributed by atoms with Crippen LogP contribution in [0.15, 0.2) is 18.2 Å². The molecule has 0 atom stereocenters. The molecule has 0 aliphatic heterocycles. The van der Waals surface area contributed by atoms with Crippen molar-refractivity contribution in [1.29, 1.82) is 0 Å². The van der Waals surface area contributed by atoms with Crippen molar-refractivity contribution in [3.63, 3.8) is 0 Å². The topological polar surface area (TPSA) is 43.1 Å². The maximum absolute atomic E-state index is 12.1. The second-order valence-corrected chi connectivity index (χ2v) is 2.96. The highest BCUT2D eigenvalue weighted by molar-refractivity contribution is 6.33. The SMILES string of the molecule is NC(=O)c1ccc(C(F)(F)F)cc1Cl. The number of benzene rings is 1. The van der Waals surface area contributed by atoms with Gasteiger partial charge in [-0.05, 0) is 18.2 Å². The number of amides is 1. The van der Waals surface area contributed by atoms with Crippen molar-refractivity contribution < 1.29 is 18.0 Å². The van der Waals surface area contributed by atoms with Crippen LogP contribution < -0.4 is 5.73 Å². The van der Waals surface area contributed by atoms with Gasteiger partial charge in [0.2, 0.25) is 5.91 Å². The van der Waals surface area contributed by atoms with Crippen LogP contribution in [0.2, 0.25) is 5.02 Å². The molecule has 0 unspecified atom stereocenters. The van der Waals surface area contributed by atoms with Crippen molar-refractivity contribution in [2.45, 2.75) is 6.18 Å². The molecule has 0 saturated heterocycles. The van der Waals surface area contributed by atoms with Gasteiger partial charge in [0.1, 0.15) is 0 Å². The molecule has 0 spiro atoms. The number of alkyl halides is 3. The monoisotopic (exact) mass is 223 g/mol. The standard InChI is InChI=1S/C8H5ClF3NO/c9-6-3-4(8(10,11)12)1-2-5(6)7(13)14/h1-3H,(H2,13,14). The van der Waals surface area contributed by atoms with E-state index in [0.29, 0.717) is 6.07 Å². The second kappa shape index (κ2) is 3.49. The van der Waals surface area contributed by atoms with E-state index in [1.54, 1.807) is 0 Å². The van der Waals surface area contributed by atoms with Gasteiger partial charge in [0.25, 0.3) is 0 Å². The number of halogens is 4. The Hall–Kier alpha value is -1.23. The first-order valence-corrected chi connectivity index (χ1v) is 3.86. The van der Waals surface area contributed by atoms with Crippen molar-refractivity contribution in [3.8, 4) is 0 Å². The first-order chi connectivity index (χ1) is 6.32. The summed E-state index contributed by atoms with van der Waals surface area (Å²) in [5.41, 5.74) is 3.83. The summed E-state index contributed by atoms with van der Waals surface area (Å²) >= 11 is 5.43. The molecule has 0 aliphatic rings. The van der Waals surface area contributed by atoms with Crippen molar-refractivity contribution in [3.05, 3.63) is 34.3 Å². The Kier molecular flexibility index (Phi) is 2.71. The Morgan fingerprint density at radius 2 is 1.93 bits per heavy atom. The molecule has 1 rings (SSSR count). The molecule has 14 heavy (non-hydrogen) atoms. The Morgan fingerprint density at radius 1 is 1.36 bits per heavy atom. The van der Waals surface area contributed by atoms with Gasteiger partial charge in [-0.2, -0.15) is 13.2 Å². The molecular formula is C8H5ClF3NO. The average molecular weight is 224 g/mol. The van der Waals surface area contributed by atoms with Gasteiger partial charge in [0.15, 0.2) is 0 Å². The number of carbonyl (C=O) groups is 1. The summed E-state index contributed by atoms with van der Waals surface area (Å²) in [5, 5.41) is -0.299. The van der Waals surface area contributed by atoms with Crippen LogP contribution in [-0.2, 0) is 6.18 Å². The van der Waals surface area contributed by atoms with Crippen LogP contribution in [0, 0.1) is 0 Å². The highest BCUT2D eigenvalue weighted by atomic mass is 35.5. The van der Waals surface area contributed by atoms with Crippen LogP contribution in [-0.4, -0.2) is 5.91 Å². The van der Waals surface area contributed by atoms with E-state index in [0.717, 1.165) is 12.1 Å². The molecule has 2 N–H and O–H groups in total. The van der Waals surface area contributed by atoms with E-state index in [-0.39, 0.29) is 10.6 Å². The number of hydrogen-bond donors (Lipinski definition) is 1. The number of carbonyl (C=O) groups excluding carboxylic acids is 1. The molecule has 0 bridgehead atoms. The fraction of sp³-hybridized carbons (Fsp3) is 0.125. The first kappa shape index (κ1) is 10.8. The fourth-order valence-electron chi connectivity index (χ4n) is 0.891. The van der Waals surface area contributed by atoms with E-state index < -0.39 is 17.6 Å². The first-order valence-electron chi connectivity index (χ1n) is 3.49. The van der Waals surface area contributed by atoms with Crippen molar-refractivity contribution in [1.82, 2.24) is 0 Å². The lowest BCUT2D eigenvalue weighted by molar-refractivity contribution is -0.137. The average Bonchev–Trinajstić information content (AvgIpc) is 2.01. The molecule has 2 nitrogen and oxygen atoms in total. The van der Waals surface area contributed by atoms with Gasteiger partial charge >= 0.3 is 6.18 Å². The normalized spacial score (nSPS) is 11.4. The minimum Gasteiger partial charge on any atom is -0.366 e. The summed E-state index contributed by atoms with van der Waals surface area (Å²) in [7, 11) is 0. The summed E-state index contributed by atoms with van der Waals surface area (Å²) < 4.78 is 36.4. The number of rotatable bonds is 1. The molecule has 6 heteroatoms. The molecule has 0 heterocycles. The molecule has 0 saturated carbocycles. The summed E-state index contributed by atoms with van der Waals surface area (Å²) in [6.07, 6.45) is -4.47. The molecule has 1 amide bonds.